The van der Waals surface area contributed by atoms with Crippen LogP contribution < -0.4 is 5.32 Å². The molecule has 0 bridgehead atoms. The summed E-state index contributed by atoms with van der Waals surface area (Å²) in [5, 5.41) is 3.19. The highest BCUT2D eigenvalue weighted by molar-refractivity contribution is 7.89. The summed E-state index contributed by atoms with van der Waals surface area (Å²) in [6.45, 7) is 6.22. The van der Waals surface area contributed by atoms with E-state index >= 15 is 0 Å². The Hall–Kier alpha value is -1.93. The largest absolute Gasteiger partial charge is 0.314 e. The van der Waals surface area contributed by atoms with Crippen LogP contribution in [0, 0.1) is 13.8 Å². The molecule has 0 aliphatic carbocycles. The number of sulfonamides is 1. The zero-order valence-electron chi connectivity index (χ0n) is 15.3. The first-order valence-corrected chi connectivity index (χ1v) is 10.2. The van der Waals surface area contributed by atoms with E-state index in [9.17, 15) is 8.42 Å². The second-order valence-electron chi connectivity index (χ2n) is 6.68. The Morgan fingerprint density at radius 2 is 1.81 bits per heavy atom. The van der Waals surface area contributed by atoms with Crippen LogP contribution in [0.1, 0.15) is 11.1 Å². The molecule has 0 radical (unpaired) electrons. The van der Waals surface area contributed by atoms with Crippen LogP contribution in [0.3, 0.4) is 0 Å². The van der Waals surface area contributed by atoms with Crippen LogP contribution in [0.2, 0.25) is 0 Å². The summed E-state index contributed by atoms with van der Waals surface area (Å²) in [4.78, 5) is 5.06. The second kappa shape index (κ2) is 7.59. The Kier molecular flexibility index (Phi) is 5.58. The van der Waals surface area contributed by atoms with E-state index in [1.807, 2.05) is 54.9 Å². The van der Waals surface area contributed by atoms with Crippen LogP contribution in [-0.2, 0) is 10.0 Å². The molecule has 2 aromatic heterocycles. The minimum Gasteiger partial charge on any atom is -0.314 e. The predicted molar refractivity (Wildman–Crippen MR) is 109 cm³/mol. The van der Waals surface area contributed by atoms with Gasteiger partial charge in [-0.25, -0.2) is 13.4 Å². The molecule has 0 saturated carbocycles. The minimum atomic E-state index is -3.50. The second-order valence-corrected chi connectivity index (χ2v) is 8.59. The number of aryl methyl sites for hydroxylation is 2. The molecule has 0 unspecified atom stereocenters. The highest BCUT2D eigenvalue weighted by Crippen LogP contribution is 2.27. The Morgan fingerprint density at radius 1 is 1.07 bits per heavy atom. The van der Waals surface area contributed by atoms with Crippen LogP contribution in [0.5, 0.6) is 0 Å². The SMILES string of the molecule is Cc1ccc(-c2cn3cccc(C)c3n2)cc1S(=O)(=O)N1CCNCC1.Cl. The van der Waals surface area contributed by atoms with Gasteiger partial charge in [-0.2, -0.15) is 4.31 Å². The van der Waals surface area contributed by atoms with E-state index < -0.39 is 10.0 Å². The zero-order chi connectivity index (χ0) is 18.3. The summed E-state index contributed by atoms with van der Waals surface area (Å²) in [6, 6.07) is 9.54. The van der Waals surface area contributed by atoms with E-state index in [2.05, 4.69) is 5.32 Å². The Bertz CT molecular complexity index is 1070. The first-order chi connectivity index (χ1) is 12.5. The average Bonchev–Trinajstić information content (AvgIpc) is 3.08. The molecule has 1 fully saturated rings. The van der Waals surface area contributed by atoms with Gasteiger partial charge in [-0.1, -0.05) is 18.2 Å². The molecule has 3 aromatic rings. The van der Waals surface area contributed by atoms with Gasteiger partial charge in [0.1, 0.15) is 5.65 Å². The van der Waals surface area contributed by atoms with E-state index in [-0.39, 0.29) is 12.4 Å². The van der Waals surface area contributed by atoms with Gasteiger partial charge in [0, 0.05) is 44.1 Å². The van der Waals surface area contributed by atoms with Crippen molar-refractivity contribution in [2.24, 2.45) is 0 Å². The summed E-state index contributed by atoms with van der Waals surface area (Å²) in [7, 11) is -3.50. The van der Waals surface area contributed by atoms with Gasteiger partial charge in [0.15, 0.2) is 0 Å². The predicted octanol–water partition coefficient (Wildman–Crippen LogP) is 2.63. The van der Waals surface area contributed by atoms with Crippen molar-refractivity contribution < 1.29 is 8.42 Å². The van der Waals surface area contributed by atoms with Crippen molar-refractivity contribution in [1.29, 1.82) is 0 Å². The number of imidazole rings is 1. The van der Waals surface area contributed by atoms with Crippen molar-refractivity contribution in [2.75, 3.05) is 26.2 Å². The molecule has 1 aliphatic rings. The summed E-state index contributed by atoms with van der Waals surface area (Å²) in [6.07, 6.45) is 3.89. The van der Waals surface area contributed by atoms with Crippen LogP contribution in [0.15, 0.2) is 47.6 Å². The number of halogens is 1. The molecule has 0 amide bonds. The van der Waals surface area contributed by atoms with E-state index in [4.69, 9.17) is 4.98 Å². The summed E-state index contributed by atoms with van der Waals surface area (Å²) in [5.74, 6) is 0. The van der Waals surface area contributed by atoms with E-state index in [1.165, 1.54) is 0 Å². The Balaban J connectivity index is 0.00000210. The fourth-order valence-corrected chi connectivity index (χ4v) is 5.05. The zero-order valence-corrected chi connectivity index (χ0v) is 17.0. The molecule has 0 atom stereocenters. The summed E-state index contributed by atoms with van der Waals surface area (Å²) in [5.41, 5.74) is 4.31. The van der Waals surface area contributed by atoms with Gasteiger partial charge in [-0.05, 0) is 37.1 Å². The molecule has 1 aliphatic heterocycles. The normalized spacial score (nSPS) is 15.6. The van der Waals surface area contributed by atoms with Crippen molar-refractivity contribution in [3.8, 4) is 11.3 Å². The third-order valence-corrected chi connectivity index (χ3v) is 6.90. The van der Waals surface area contributed by atoms with Crippen molar-refractivity contribution in [3.63, 3.8) is 0 Å². The van der Waals surface area contributed by atoms with Gasteiger partial charge in [-0.3, -0.25) is 0 Å². The highest BCUT2D eigenvalue weighted by Gasteiger charge is 2.27. The number of aromatic nitrogens is 2. The van der Waals surface area contributed by atoms with Gasteiger partial charge in [-0.15, -0.1) is 12.4 Å². The average molecular weight is 407 g/mol. The lowest BCUT2D eigenvalue weighted by atomic mass is 10.1. The minimum absolute atomic E-state index is 0. The monoisotopic (exact) mass is 406 g/mol. The first-order valence-electron chi connectivity index (χ1n) is 8.73. The van der Waals surface area contributed by atoms with E-state index in [1.54, 1.807) is 10.4 Å². The lowest BCUT2D eigenvalue weighted by Gasteiger charge is -2.27. The van der Waals surface area contributed by atoms with Gasteiger partial charge in [0.2, 0.25) is 10.0 Å². The third kappa shape index (κ3) is 3.60. The number of nitrogens with zero attached hydrogens (tertiary/aromatic N) is 3. The molecule has 4 rings (SSSR count). The topological polar surface area (TPSA) is 66.7 Å². The smallest absolute Gasteiger partial charge is 0.243 e. The maximum atomic E-state index is 13.1. The molecule has 1 saturated heterocycles. The van der Waals surface area contributed by atoms with E-state index in [0.29, 0.717) is 31.1 Å². The quantitative estimate of drug-likeness (QED) is 0.726. The fraction of sp³-hybridized carbons (Fsp3) is 0.316. The summed E-state index contributed by atoms with van der Waals surface area (Å²) >= 11 is 0. The molecule has 1 aromatic carbocycles. The number of fused-ring (bicyclic) bond motifs is 1. The molecule has 6 nitrogen and oxygen atoms in total. The Morgan fingerprint density at radius 3 is 2.52 bits per heavy atom. The van der Waals surface area contributed by atoms with Crippen LogP contribution >= 0.6 is 12.4 Å². The number of hydrogen-bond donors (Lipinski definition) is 1. The molecular formula is C19H23ClN4O2S. The van der Waals surface area contributed by atoms with Crippen LogP contribution in [0.4, 0.5) is 0 Å². The molecule has 27 heavy (non-hydrogen) atoms. The number of nitrogens with one attached hydrogen (secondary N) is 1. The summed E-state index contributed by atoms with van der Waals surface area (Å²) < 4.78 is 29.7. The molecule has 8 heteroatoms. The molecule has 0 spiro atoms. The van der Waals surface area contributed by atoms with Crippen molar-refractivity contribution in [1.82, 2.24) is 19.0 Å². The number of benzene rings is 1. The molecule has 3 heterocycles. The van der Waals surface area contributed by atoms with E-state index in [0.717, 1.165) is 28.0 Å². The maximum absolute atomic E-state index is 13.1. The first kappa shape index (κ1) is 19.8. The van der Waals surface area contributed by atoms with Gasteiger partial charge in [0.05, 0.1) is 10.6 Å². The molecule has 1 N–H and O–H groups in total. The highest BCUT2D eigenvalue weighted by atomic mass is 35.5. The maximum Gasteiger partial charge on any atom is 0.243 e. The van der Waals surface area contributed by atoms with Crippen molar-refractivity contribution in [2.45, 2.75) is 18.7 Å². The lowest BCUT2D eigenvalue weighted by molar-refractivity contribution is 0.360. The fourth-order valence-electron chi connectivity index (χ4n) is 3.35. The number of hydrogen-bond acceptors (Lipinski definition) is 4. The number of rotatable bonds is 3. The van der Waals surface area contributed by atoms with Crippen molar-refractivity contribution in [3.05, 3.63) is 53.9 Å². The van der Waals surface area contributed by atoms with Gasteiger partial charge < -0.3 is 9.72 Å². The van der Waals surface area contributed by atoms with Gasteiger partial charge in [0.25, 0.3) is 0 Å². The molecular weight excluding hydrogens is 384 g/mol. The van der Waals surface area contributed by atoms with Gasteiger partial charge >= 0.3 is 0 Å². The lowest BCUT2D eigenvalue weighted by Crippen LogP contribution is -2.46. The Labute approximate surface area is 165 Å². The molecule has 144 valence electrons. The number of pyridine rings is 1. The third-order valence-electron chi connectivity index (χ3n) is 4.86. The van der Waals surface area contributed by atoms with Crippen LogP contribution in [0.25, 0.3) is 16.9 Å². The van der Waals surface area contributed by atoms with Crippen LogP contribution in [-0.4, -0.2) is 48.3 Å². The standard InChI is InChI=1S/C19H22N4O2S.ClH/c1-14-5-6-16(17-13-22-9-3-4-15(2)19(22)21-17)12-18(14)26(24,25)23-10-7-20-8-11-23;/h3-6,9,12-13,20H,7-8,10-11H2,1-2H3;1H. The van der Waals surface area contributed by atoms with Crippen molar-refractivity contribution >= 4 is 28.1 Å². The number of piperazine rings is 1.